The molecular weight excluding hydrogens is 403 g/mol. The summed E-state index contributed by atoms with van der Waals surface area (Å²) in [6.07, 6.45) is 7.70. The molecule has 120 valence electrons. The zero-order valence-electron chi connectivity index (χ0n) is 13.7. The molecule has 1 aromatic rings. The van der Waals surface area contributed by atoms with Crippen molar-refractivity contribution in [1.82, 2.24) is 0 Å². The summed E-state index contributed by atoms with van der Waals surface area (Å²) in [7, 11) is 0. The van der Waals surface area contributed by atoms with E-state index in [0.717, 1.165) is 5.41 Å². The molecule has 1 aromatic carbocycles. The Labute approximate surface area is 152 Å². The van der Waals surface area contributed by atoms with E-state index in [4.69, 9.17) is 0 Å². The molecule has 2 aliphatic rings. The minimum atomic E-state index is 0.170. The van der Waals surface area contributed by atoms with Gasteiger partial charge in [-0.3, -0.25) is 0 Å². The summed E-state index contributed by atoms with van der Waals surface area (Å²) < 4.78 is 6.08. The van der Waals surface area contributed by atoms with Gasteiger partial charge in [-0.2, -0.15) is 0 Å². The Hall–Kier alpha value is -0.230. The molecule has 2 fully saturated rings. The van der Waals surface area contributed by atoms with E-state index in [9.17, 15) is 0 Å². The van der Waals surface area contributed by atoms with Crippen molar-refractivity contribution in [1.29, 1.82) is 0 Å². The van der Waals surface area contributed by atoms with Gasteiger partial charge in [0.15, 0.2) is 0 Å². The second-order valence-corrected chi connectivity index (χ2v) is 10.5. The minimum Gasteiger partial charge on any atom is -0.371 e. The first-order valence-electron chi connectivity index (χ1n) is 8.13. The third-order valence-corrected chi connectivity index (χ3v) is 6.06. The molecule has 1 aliphatic carbocycles. The Bertz CT molecular complexity index is 563. The molecule has 2 nitrogen and oxygen atoms in total. The van der Waals surface area contributed by atoms with Gasteiger partial charge in [-0.1, -0.05) is 6.07 Å². The smallest absolute Gasteiger partial charge is 0.0466 e. The largest absolute Gasteiger partial charge is 0.371 e. The lowest BCUT2D eigenvalue weighted by molar-refractivity contribution is 0.384. The van der Waals surface area contributed by atoms with E-state index < -0.39 is 0 Å². The topological polar surface area (TPSA) is 15.6 Å². The molecule has 1 aliphatic heterocycles. The summed E-state index contributed by atoms with van der Waals surface area (Å²) >= 11 is 4.06. The molecule has 1 spiro atoms. The highest BCUT2D eigenvalue weighted by Crippen LogP contribution is 2.54. The molecule has 1 heterocycles. The van der Waals surface area contributed by atoms with Gasteiger partial charge in [-0.15, -0.1) is 0 Å². The average molecular weight is 428 g/mol. The molecular formula is C18H25IN2S. The lowest BCUT2D eigenvalue weighted by Crippen LogP contribution is -2.35. The standard InChI is InChI=1S/C18H25IN2S/c1-17(2,3)22-20-13-14-4-5-15(19)12-16(14)21-10-8-18(6-7-18)9-11-21/h4-5,12-13H,6-11H2,1-3H3/b20-13+. The molecule has 0 radical (unpaired) electrons. The third kappa shape index (κ3) is 4.19. The first-order valence-corrected chi connectivity index (χ1v) is 9.98. The molecule has 22 heavy (non-hydrogen) atoms. The Morgan fingerprint density at radius 3 is 2.45 bits per heavy atom. The molecule has 0 bridgehead atoms. The van der Waals surface area contributed by atoms with Crippen molar-refractivity contribution in [3.05, 3.63) is 27.3 Å². The highest BCUT2D eigenvalue weighted by atomic mass is 127. The summed E-state index contributed by atoms with van der Waals surface area (Å²) in [5.41, 5.74) is 3.35. The van der Waals surface area contributed by atoms with Gasteiger partial charge < -0.3 is 4.90 Å². The van der Waals surface area contributed by atoms with Gasteiger partial charge in [0.2, 0.25) is 0 Å². The van der Waals surface area contributed by atoms with E-state index in [2.05, 4.69) is 70.9 Å². The predicted molar refractivity (Wildman–Crippen MR) is 107 cm³/mol. The van der Waals surface area contributed by atoms with E-state index >= 15 is 0 Å². The van der Waals surface area contributed by atoms with Gasteiger partial charge in [-0.25, -0.2) is 4.40 Å². The van der Waals surface area contributed by atoms with E-state index in [1.807, 2.05) is 6.21 Å². The van der Waals surface area contributed by atoms with Crippen molar-refractivity contribution < 1.29 is 0 Å². The number of rotatable bonds is 3. The fraction of sp³-hybridized carbons (Fsp3) is 0.611. The summed E-state index contributed by atoms with van der Waals surface area (Å²) in [5.74, 6) is 0. The fourth-order valence-corrected chi connectivity index (χ4v) is 4.00. The Morgan fingerprint density at radius 2 is 1.86 bits per heavy atom. The summed E-state index contributed by atoms with van der Waals surface area (Å²) in [6, 6.07) is 6.71. The molecule has 0 amide bonds. The van der Waals surface area contributed by atoms with Crippen molar-refractivity contribution in [2.24, 2.45) is 9.81 Å². The van der Waals surface area contributed by atoms with Gasteiger partial charge >= 0.3 is 0 Å². The first-order chi connectivity index (χ1) is 10.4. The van der Waals surface area contributed by atoms with E-state index in [-0.39, 0.29) is 4.75 Å². The van der Waals surface area contributed by atoms with Crippen LogP contribution in [-0.4, -0.2) is 24.1 Å². The van der Waals surface area contributed by atoms with Crippen LogP contribution in [0.5, 0.6) is 0 Å². The van der Waals surface area contributed by atoms with Crippen molar-refractivity contribution in [2.75, 3.05) is 18.0 Å². The summed E-state index contributed by atoms with van der Waals surface area (Å²) in [4.78, 5) is 2.56. The monoisotopic (exact) mass is 428 g/mol. The van der Waals surface area contributed by atoms with E-state index in [1.54, 1.807) is 11.9 Å². The van der Waals surface area contributed by atoms with Gasteiger partial charge in [-0.05, 0) is 98.5 Å². The molecule has 1 saturated heterocycles. The maximum absolute atomic E-state index is 4.60. The summed E-state index contributed by atoms with van der Waals surface area (Å²) in [6.45, 7) is 9.00. The van der Waals surface area contributed by atoms with Crippen LogP contribution in [0.4, 0.5) is 5.69 Å². The number of hydrogen-bond donors (Lipinski definition) is 0. The molecule has 0 unspecified atom stereocenters. The SMILES string of the molecule is CC(C)(C)S/N=C/c1ccc(I)cc1N1CCC2(CC1)CC2. The van der Waals surface area contributed by atoms with Crippen molar-refractivity contribution >= 4 is 46.4 Å². The van der Waals surface area contributed by atoms with Crippen LogP contribution in [0.15, 0.2) is 22.6 Å². The van der Waals surface area contributed by atoms with Crippen LogP contribution in [0.1, 0.15) is 52.0 Å². The normalized spacial score (nSPS) is 20.8. The van der Waals surface area contributed by atoms with Crippen LogP contribution in [0, 0.1) is 8.99 Å². The minimum absolute atomic E-state index is 0.170. The lowest BCUT2D eigenvalue weighted by Gasteiger charge is -2.34. The number of piperidine rings is 1. The van der Waals surface area contributed by atoms with Crippen LogP contribution in [0.2, 0.25) is 0 Å². The second-order valence-electron chi connectivity index (χ2n) is 7.63. The first kappa shape index (κ1) is 16.6. The van der Waals surface area contributed by atoms with Crippen LogP contribution in [0.3, 0.4) is 0 Å². The van der Waals surface area contributed by atoms with E-state index in [1.165, 1.54) is 53.6 Å². The average Bonchev–Trinajstić information content (AvgIpc) is 3.20. The number of benzene rings is 1. The van der Waals surface area contributed by atoms with Gasteiger partial charge in [0.25, 0.3) is 0 Å². The highest BCUT2D eigenvalue weighted by molar-refractivity contribution is 14.1. The summed E-state index contributed by atoms with van der Waals surface area (Å²) in [5, 5.41) is 0. The van der Waals surface area contributed by atoms with Crippen LogP contribution in [-0.2, 0) is 0 Å². The zero-order valence-corrected chi connectivity index (χ0v) is 16.7. The fourth-order valence-electron chi connectivity index (χ4n) is 3.04. The Morgan fingerprint density at radius 1 is 1.18 bits per heavy atom. The number of hydrogen-bond acceptors (Lipinski definition) is 3. The third-order valence-electron chi connectivity index (χ3n) is 4.63. The molecule has 0 N–H and O–H groups in total. The molecule has 4 heteroatoms. The van der Waals surface area contributed by atoms with Gasteiger partial charge in [0.05, 0.1) is 0 Å². The van der Waals surface area contributed by atoms with Crippen molar-refractivity contribution in [2.45, 2.75) is 51.2 Å². The Balaban J connectivity index is 1.76. The molecule has 0 aromatic heterocycles. The van der Waals surface area contributed by atoms with Crippen molar-refractivity contribution in [3.63, 3.8) is 0 Å². The number of halogens is 1. The van der Waals surface area contributed by atoms with Crippen LogP contribution < -0.4 is 4.90 Å². The number of nitrogens with zero attached hydrogens (tertiary/aromatic N) is 2. The van der Waals surface area contributed by atoms with Crippen LogP contribution in [0.25, 0.3) is 0 Å². The molecule has 0 atom stereocenters. The maximum Gasteiger partial charge on any atom is 0.0466 e. The highest BCUT2D eigenvalue weighted by Gasteiger charge is 2.44. The zero-order chi connectivity index (χ0) is 15.8. The van der Waals surface area contributed by atoms with Crippen molar-refractivity contribution in [3.8, 4) is 0 Å². The second kappa shape index (κ2) is 6.34. The van der Waals surface area contributed by atoms with Gasteiger partial charge in [0, 0.05) is 38.9 Å². The molecule has 3 rings (SSSR count). The molecule has 1 saturated carbocycles. The number of anilines is 1. The van der Waals surface area contributed by atoms with Crippen LogP contribution >= 0.6 is 34.5 Å². The van der Waals surface area contributed by atoms with E-state index in [0.29, 0.717) is 0 Å². The quantitative estimate of drug-likeness (QED) is 0.357. The van der Waals surface area contributed by atoms with Gasteiger partial charge in [0.1, 0.15) is 0 Å². The maximum atomic E-state index is 4.60. The lowest BCUT2D eigenvalue weighted by atomic mass is 9.93. The Kier molecular flexibility index (Phi) is 4.79. The predicted octanol–water partition coefficient (Wildman–Crippen LogP) is 5.54.